The minimum absolute atomic E-state index is 0.0702. The molecule has 29 heavy (non-hydrogen) atoms. The molecule has 0 unspecified atom stereocenters. The van der Waals surface area contributed by atoms with E-state index in [-0.39, 0.29) is 10.7 Å². The van der Waals surface area contributed by atoms with Crippen molar-refractivity contribution in [3.8, 4) is 17.1 Å². The topological polar surface area (TPSA) is 77.9 Å². The number of halogens is 1. The molecule has 0 saturated heterocycles. The first-order chi connectivity index (χ1) is 14.0. The van der Waals surface area contributed by atoms with Crippen LogP contribution in [0.25, 0.3) is 22.3 Å². The van der Waals surface area contributed by atoms with Crippen LogP contribution in [0.15, 0.2) is 82.2 Å². The number of hydrogen-bond acceptors (Lipinski definition) is 5. The van der Waals surface area contributed by atoms with Gasteiger partial charge >= 0.3 is 0 Å². The van der Waals surface area contributed by atoms with Crippen molar-refractivity contribution >= 4 is 33.9 Å². The highest BCUT2D eigenvalue weighted by Gasteiger charge is 2.13. The summed E-state index contributed by atoms with van der Waals surface area (Å²) in [4.78, 5) is 15.3. The molecule has 0 amide bonds. The predicted molar refractivity (Wildman–Crippen MR) is 112 cm³/mol. The molecule has 3 aromatic carbocycles. The average molecular weight is 407 g/mol. The van der Waals surface area contributed by atoms with E-state index in [1.54, 1.807) is 13.2 Å². The molecular weight excluding hydrogens is 392 g/mol. The molecular formula is C22H15ClN2O4. The molecule has 6 nitrogen and oxygen atoms in total. The molecule has 4 rings (SSSR count). The Labute approximate surface area is 170 Å². The number of hydrogen-bond donors (Lipinski definition) is 0. The monoisotopic (exact) mass is 406 g/mol. The Morgan fingerprint density at radius 2 is 1.79 bits per heavy atom. The molecule has 0 N–H and O–H groups in total. The van der Waals surface area contributed by atoms with Gasteiger partial charge in [0.05, 0.1) is 23.1 Å². The number of methoxy groups -OCH3 is 1. The summed E-state index contributed by atoms with van der Waals surface area (Å²) < 4.78 is 11.3. The second kappa shape index (κ2) is 7.77. The van der Waals surface area contributed by atoms with Crippen LogP contribution >= 0.6 is 11.6 Å². The van der Waals surface area contributed by atoms with E-state index in [0.29, 0.717) is 22.4 Å². The van der Waals surface area contributed by atoms with Gasteiger partial charge in [-0.3, -0.25) is 10.1 Å². The van der Waals surface area contributed by atoms with E-state index in [1.165, 1.54) is 12.1 Å². The second-order valence-corrected chi connectivity index (χ2v) is 6.63. The quantitative estimate of drug-likeness (QED) is 0.312. The fraction of sp³-hybridized carbons (Fsp3) is 0.0455. The van der Waals surface area contributed by atoms with Crippen molar-refractivity contribution < 1.29 is 14.1 Å². The number of benzene rings is 3. The molecule has 1 aromatic heterocycles. The van der Waals surface area contributed by atoms with E-state index in [1.807, 2.05) is 54.6 Å². The SMILES string of the molecule is COc1ccc(-c2cc(=Nc3ccc(Cl)c([N+](=O)[O-])c3)c3ccccc3o2)cc1. The molecule has 0 fully saturated rings. The summed E-state index contributed by atoms with van der Waals surface area (Å²) in [6.45, 7) is 0. The number of fused-ring (bicyclic) bond motifs is 1. The zero-order valence-electron chi connectivity index (χ0n) is 15.3. The molecule has 0 radical (unpaired) electrons. The lowest BCUT2D eigenvalue weighted by molar-refractivity contribution is -0.384. The van der Waals surface area contributed by atoms with Crippen LogP contribution in [0.1, 0.15) is 0 Å². The van der Waals surface area contributed by atoms with Crippen LogP contribution in [-0.2, 0) is 0 Å². The van der Waals surface area contributed by atoms with Gasteiger partial charge in [0, 0.05) is 23.1 Å². The van der Waals surface area contributed by atoms with Gasteiger partial charge in [0.1, 0.15) is 22.1 Å². The van der Waals surface area contributed by atoms with E-state index in [2.05, 4.69) is 4.99 Å². The van der Waals surface area contributed by atoms with E-state index in [9.17, 15) is 10.1 Å². The van der Waals surface area contributed by atoms with Gasteiger partial charge < -0.3 is 9.15 Å². The van der Waals surface area contributed by atoms with Crippen molar-refractivity contribution in [1.82, 2.24) is 0 Å². The molecule has 0 aliphatic carbocycles. The lowest BCUT2D eigenvalue weighted by Crippen LogP contribution is -2.03. The van der Waals surface area contributed by atoms with Gasteiger partial charge in [0.2, 0.25) is 0 Å². The summed E-state index contributed by atoms with van der Waals surface area (Å²) in [6, 6.07) is 21.3. The first-order valence-electron chi connectivity index (χ1n) is 8.71. The highest BCUT2D eigenvalue weighted by atomic mass is 35.5. The number of para-hydroxylation sites is 1. The smallest absolute Gasteiger partial charge is 0.290 e. The zero-order valence-corrected chi connectivity index (χ0v) is 16.1. The Balaban J connectivity index is 1.92. The minimum atomic E-state index is -0.525. The summed E-state index contributed by atoms with van der Waals surface area (Å²) in [6.07, 6.45) is 0. The molecule has 1 heterocycles. The Morgan fingerprint density at radius 3 is 2.52 bits per heavy atom. The largest absolute Gasteiger partial charge is 0.497 e. The molecule has 0 aliphatic heterocycles. The third-order valence-electron chi connectivity index (χ3n) is 4.40. The number of nitrogens with zero attached hydrogens (tertiary/aromatic N) is 2. The van der Waals surface area contributed by atoms with Crippen LogP contribution in [0, 0.1) is 10.1 Å². The Morgan fingerprint density at radius 1 is 1.03 bits per heavy atom. The van der Waals surface area contributed by atoms with Gasteiger partial charge in [-0.15, -0.1) is 0 Å². The number of rotatable bonds is 4. The highest BCUT2D eigenvalue weighted by molar-refractivity contribution is 6.32. The van der Waals surface area contributed by atoms with Gasteiger partial charge in [0.25, 0.3) is 5.69 Å². The molecule has 7 heteroatoms. The highest BCUT2D eigenvalue weighted by Crippen LogP contribution is 2.29. The van der Waals surface area contributed by atoms with Gasteiger partial charge in [0.15, 0.2) is 0 Å². The van der Waals surface area contributed by atoms with Crippen molar-refractivity contribution in [2.75, 3.05) is 7.11 Å². The first kappa shape index (κ1) is 18.7. The molecule has 0 aliphatic rings. The first-order valence-corrected chi connectivity index (χ1v) is 9.09. The van der Waals surface area contributed by atoms with Gasteiger partial charge in [-0.25, -0.2) is 4.99 Å². The third kappa shape index (κ3) is 3.83. The molecule has 0 bridgehead atoms. The summed E-state index contributed by atoms with van der Waals surface area (Å²) in [7, 11) is 1.61. The lowest BCUT2D eigenvalue weighted by atomic mass is 10.1. The fourth-order valence-electron chi connectivity index (χ4n) is 2.96. The predicted octanol–water partition coefficient (Wildman–Crippen LogP) is 5.90. The van der Waals surface area contributed by atoms with Crippen molar-refractivity contribution in [1.29, 1.82) is 0 Å². The van der Waals surface area contributed by atoms with E-state index in [0.717, 1.165) is 16.7 Å². The maximum Gasteiger partial charge on any atom is 0.290 e. The number of ether oxygens (including phenoxy) is 1. The third-order valence-corrected chi connectivity index (χ3v) is 4.72. The van der Waals surface area contributed by atoms with Crippen LogP contribution in [0.2, 0.25) is 5.02 Å². The molecule has 0 spiro atoms. The zero-order chi connectivity index (χ0) is 20.4. The average Bonchev–Trinajstić information content (AvgIpc) is 2.75. The summed E-state index contributed by atoms with van der Waals surface area (Å²) in [5, 5.41) is 12.7. The second-order valence-electron chi connectivity index (χ2n) is 6.23. The summed E-state index contributed by atoms with van der Waals surface area (Å²) in [5.41, 5.74) is 1.75. The maximum atomic E-state index is 11.2. The molecule has 0 atom stereocenters. The molecule has 0 saturated carbocycles. The summed E-state index contributed by atoms with van der Waals surface area (Å²) >= 11 is 5.91. The lowest BCUT2D eigenvalue weighted by Gasteiger charge is -2.06. The van der Waals surface area contributed by atoms with Crippen LogP contribution < -0.4 is 10.1 Å². The van der Waals surface area contributed by atoms with Crippen molar-refractivity contribution in [2.45, 2.75) is 0 Å². The Hall–Kier alpha value is -3.64. The molecule has 4 aromatic rings. The Kier molecular flexibility index (Phi) is 5.01. The number of nitro benzene ring substituents is 1. The standard InChI is InChI=1S/C22H15ClN2O4/c1-28-16-9-6-14(7-10-16)22-13-19(17-4-2-3-5-21(17)29-22)24-15-8-11-18(23)20(12-15)25(26)27/h2-13H,1H3. The van der Waals surface area contributed by atoms with Crippen molar-refractivity contribution in [2.24, 2.45) is 4.99 Å². The van der Waals surface area contributed by atoms with Crippen LogP contribution in [-0.4, -0.2) is 12.0 Å². The summed E-state index contributed by atoms with van der Waals surface area (Å²) in [5.74, 6) is 1.36. The van der Waals surface area contributed by atoms with Crippen LogP contribution in [0.5, 0.6) is 5.75 Å². The van der Waals surface area contributed by atoms with Gasteiger partial charge in [-0.2, -0.15) is 0 Å². The Bertz CT molecular complexity index is 1280. The van der Waals surface area contributed by atoms with Gasteiger partial charge in [-0.1, -0.05) is 23.7 Å². The van der Waals surface area contributed by atoms with Gasteiger partial charge in [-0.05, 0) is 48.5 Å². The van der Waals surface area contributed by atoms with E-state index < -0.39 is 4.92 Å². The van der Waals surface area contributed by atoms with Crippen LogP contribution in [0.4, 0.5) is 11.4 Å². The number of nitro groups is 1. The normalized spacial score (nSPS) is 11.6. The van der Waals surface area contributed by atoms with Crippen molar-refractivity contribution in [3.63, 3.8) is 0 Å². The van der Waals surface area contributed by atoms with E-state index in [4.69, 9.17) is 20.8 Å². The molecule has 144 valence electrons. The van der Waals surface area contributed by atoms with Crippen LogP contribution in [0.3, 0.4) is 0 Å². The van der Waals surface area contributed by atoms with Crippen molar-refractivity contribution in [3.05, 3.63) is 93.3 Å². The fourth-order valence-corrected chi connectivity index (χ4v) is 3.14. The maximum absolute atomic E-state index is 11.2. The minimum Gasteiger partial charge on any atom is -0.497 e. The van der Waals surface area contributed by atoms with E-state index >= 15 is 0 Å².